The van der Waals surface area contributed by atoms with Gasteiger partial charge in [0.1, 0.15) is 5.75 Å². The van der Waals surface area contributed by atoms with Crippen molar-refractivity contribution in [2.75, 3.05) is 33.4 Å². The molecule has 0 saturated carbocycles. The first-order valence-electron chi connectivity index (χ1n) is 10.4. The molecular weight excluding hydrogens is 404 g/mol. The van der Waals surface area contributed by atoms with E-state index >= 15 is 0 Å². The lowest BCUT2D eigenvalue weighted by atomic mass is 9.89. The summed E-state index contributed by atoms with van der Waals surface area (Å²) in [7, 11) is 3.58. The Kier molecular flexibility index (Phi) is 7.75. The summed E-state index contributed by atoms with van der Waals surface area (Å²) in [5.41, 5.74) is 2.13. The van der Waals surface area contributed by atoms with Gasteiger partial charge in [-0.1, -0.05) is 18.2 Å². The van der Waals surface area contributed by atoms with E-state index in [0.717, 1.165) is 42.9 Å². The second-order valence-corrected chi connectivity index (χ2v) is 7.98. The van der Waals surface area contributed by atoms with E-state index in [1.165, 1.54) is 0 Å². The molecule has 0 radical (unpaired) electrons. The Labute approximate surface area is 184 Å². The molecule has 7 nitrogen and oxygen atoms in total. The van der Waals surface area contributed by atoms with Crippen molar-refractivity contribution in [3.05, 3.63) is 47.8 Å². The van der Waals surface area contributed by atoms with Gasteiger partial charge < -0.3 is 19.7 Å². The van der Waals surface area contributed by atoms with E-state index in [4.69, 9.17) is 9.47 Å². The van der Waals surface area contributed by atoms with Gasteiger partial charge in [-0.2, -0.15) is 5.10 Å². The highest BCUT2D eigenvalue weighted by atomic mass is 35.5. The predicted octanol–water partition coefficient (Wildman–Crippen LogP) is 2.36. The fraction of sp³-hybridized carbons (Fsp3) is 0.545. The number of nitrogens with zero attached hydrogens (tertiary/aromatic N) is 3. The topological polar surface area (TPSA) is 68.6 Å². The number of hydrogen-bond acceptors (Lipinski definition) is 5. The lowest BCUT2D eigenvalue weighted by Gasteiger charge is -2.30. The highest BCUT2D eigenvalue weighted by Crippen LogP contribution is 2.31. The van der Waals surface area contributed by atoms with Gasteiger partial charge in [0, 0.05) is 57.5 Å². The van der Waals surface area contributed by atoms with Gasteiger partial charge in [-0.15, -0.1) is 12.4 Å². The number of para-hydroxylation sites is 1. The monoisotopic (exact) mass is 434 g/mol. The minimum absolute atomic E-state index is 0. The van der Waals surface area contributed by atoms with E-state index < -0.39 is 0 Å². The molecule has 1 aromatic heterocycles. The molecule has 2 aromatic rings. The molecule has 30 heavy (non-hydrogen) atoms. The van der Waals surface area contributed by atoms with Gasteiger partial charge in [-0.25, -0.2) is 0 Å². The van der Waals surface area contributed by atoms with E-state index in [-0.39, 0.29) is 36.3 Å². The number of benzene rings is 1. The number of methoxy groups -OCH3 is 1. The molecule has 2 aliphatic heterocycles. The molecule has 4 rings (SSSR count). The van der Waals surface area contributed by atoms with Crippen LogP contribution in [0.1, 0.15) is 29.9 Å². The summed E-state index contributed by atoms with van der Waals surface area (Å²) >= 11 is 0. The van der Waals surface area contributed by atoms with Crippen LogP contribution in [0.5, 0.6) is 5.75 Å². The first-order valence-corrected chi connectivity index (χ1v) is 10.4. The summed E-state index contributed by atoms with van der Waals surface area (Å²) in [6, 6.07) is 7.91. The van der Waals surface area contributed by atoms with E-state index in [0.29, 0.717) is 19.6 Å². The third kappa shape index (κ3) is 4.96. The van der Waals surface area contributed by atoms with E-state index in [1.54, 1.807) is 11.8 Å². The number of halogens is 1. The number of carbonyl (C=O) groups is 1. The van der Waals surface area contributed by atoms with E-state index in [1.807, 2.05) is 48.6 Å². The van der Waals surface area contributed by atoms with Crippen LogP contribution >= 0.6 is 12.4 Å². The van der Waals surface area contributed by atoms with E-state index in [9.17, 15) is 4.79 Å². The van der Waals surface area contributed by atoms with Crippen molar-refractivity contribution >= 4 is 18.3 Å². The number of nitrogens with one attached hydrogen (secondary N) is 1. The third-order valence-corrected chi connectivity index (χ3v) is 6.00. The molecule has 3 heterocycles. The first-order chi connectivity index (χ1) is 14.2. The molecule has 3 atom stereocenters. The van der Waals surface area contributed by atoms with E-state index in [2.05, 4.69) is 10.4 Å². The Bertz CT molecular complexity index is 837. The zero-order chi connectivity index (χ0) is 20.2. The zero-order valence-corrected chi connectivity index (χ0v) is 18.4. The number of ether oxygens (including phenoxy) is 2. The Morgan fingerprint density at radius 2 is 2.20 bits per heavy atom. The highest BCUT2D eigenvalue weighted by molar-refractivity contribution is 5.85. The van der Waals surface area contributed by atoms with Crippen LogP contribution in [0.4, 0.5) is 0 Å². The number of aryl methyl sites for hydroxylation is 1. The summed E-state index contributed by atoms with van der Waals surface area (Å²) in [4.78, 5) is 15.7. The second kappa shape index (κ2) is 10.3. The van der Waals surface area contributed by atoms with Crippen molar-refractivity contribution in [1.29, 1.82) is 0 Å². The highest BCUT2D eigenvalue weighted by Gasteiger charge is 2.38. The number of hydrogen-bond donors (Lipinski definition) is 1. The standard InChI is InChI=1S/C22H30N4O3.ClH/c1-25-13-17(10-24-25)19-11-23-12-20(19)22(27)26(15-18-7-5-9-29-18)14-16-6-3-4-8-21(16)28-2;/h3-4,6,8,10,13,18-20,23H,5,7,9,11-12,14-15H2,1-2H3;1H/t18?,19-,20+;/m1./s1. The van der Waals surface area contributed by atoms with Crippen LogP contribution in [-0.4, -0.2) is 60.0 Å². The average molecular weight is 435 g/mol. The molecule has 8 heteroatoms. The molecule has 0 aliphatic carbocycles. The summed E-state index contributed by atoms with van der Waals surface area (Å²) in [6.45, 7) is 3.41. The molecular formula is C22H31ClN4O3. The molecule has 1 N–H and O–H groups in total. The van der Waals surface area contributed by atoms with Gasteiger partial charge in [-0.05, 0) is 24.5 Å². The molecule has 2 saturated heterocycles. The van der Waals surface area contributed by atoms with Gasteiger partial charge in [0.25, 0.3) is 0 Å². The lowest BCUT2D eigenvalue weighted by molar-refractivity contribution is -0.137. The molecule has 1 amide bonds. The third-order valence-electron chi connectivity index (χ3n) is 6.00. The maximum absolute atomic E-state index is 13.7. The summed E-state index contributed by atoms with van der Waals surface area (Å²) in [5, 5.41) is 7.71. The molecule has 0 bridgehead atoms. The van der Waals surface area contributed by atoms with Crippen molar-refractivity contribution in [2.24, 2.45) is 13.0 Å². The fourth-order valence-corrected chi connectivity index (χ4v) is 4.46. The Balaban J connectivity index is 0.00000256. The smallest absolute Gasteiger partial charge is 0.228 e. The maximum Gasteiger partial charge on any atom is 0.228 e. The average Bonchev–Trinajstić information content (AvgIpc) is 3.49. The van der Waals surface area contributed by atoms with Crippen LogP contribution in [-0.2, 0) is 23.1 Å². The Morgan fingerprint density at radius 1 is 1.37 bits per heavy atom. The molecule has 1 unspecified atom stereocenters. The van der Waals surface area contributed by atoms with Gasteiger partial charge in [0.2, 0.25) is 5.91 Å². The van der Waals surface area contributed by atoms with Crippen LogP contribution in [0.25, 0.3) is 0 Å². The Morgan fingerprint density at radius 3 is 2.90 bits per heavy atom. The summed E-state index contributed by atoms with van der Waals surface area (Å²) in [5.74, 6) is 1.02. The fourth-order valence-electron chi connectivity index (χ4n) is 4.46. The number of amides is 1. The van der Waals surface area contributed by atoms with Gasteiger partial charge >= 0.3 is 0 Å². The minimum Gasteiger partial charge on any atom is -0.496 e. The van der Waals surface area contributed by atoms with Crippen molar-refractivity contribution in [2.45, 2.75) is 31.4 Å². The first kappa shape index (κ1) is 22.6. The van der Waals surface area contributed by atoms with Crippen LogP contribution in [0.3, 0.4) is 0 Å². The SMILES string of the molecule is COc1ccccc1CN(CC1CCCO1)C(=O)[C@H]1CNC[C@@H]1c1cnn(C)c1.Cl. The summed E-state index contributed by atoms with van der Waals surface area (Å²) < 4.78 is 13.2. The molecule has 164 valence electrons. The molecule has 2 aliphatic rings. The van der Waals surface area contributed by atoms with Crippen LogP contribution < -0.4 is 10.1 Å². The summed E-state index contributed by atoms with van der Waals surface area (Å²) in [6.07, 6.45) is 6.07. The van der Waals surface area contributed by atoms with Crippen molar-refractivity contribution < 1.29 is 14.3 Å². The predicted molar refractivity (Wildman–Crippen MR) is 117 cm³/mol. The largest absolute Gasteiger partial charge is 0.496 e. The van der Waals surface area contributed by atoms with Crippen molar-refractivity contribution in [3.8, 4) is 5.75 Å². The minimum atomic E-state index is -0.102. The number of aromatic nitrogens is 2. The van der Waals surface area contributed by atoms with Crippen LogP contribution in [0.15, 0.2) is 36.7 Å². The normalized spacial score (nSPS) is 23.2. The van der Waals surface area contributed by atoms with Crippen molar-refractivity contribution in [1.82, 2.24) is 20.0 Å². The number of rotatable bonds is 7. The van der Waals surface area contributed by atoms with Gasteiger partial charge in [0.15, 0.2) is 0 Å². The van der Waals surface area contributed by atoms with Crippen molar-refractivity contribution in [3.63, 3.8) is 0 Å². The Hall–Kier alpha value is -2.09. The van der Waals surface area contributed by atoms with Gasteiger partial charge in [0.05, 0.1) is 25.3 Å². The molecule has 1 aromatic carbocycles. The maximum atomic E-state index is 13.7. The number of carbonyl (C=O) groups excluding carboxylic acids is 1. The van der Waals surface area contributed by atoms with Crippen LogP contribution in [0, 0.1) is 5.92 Å². The van der Waals surface area contributed by atoms with Gasteiger partial charge in [-0.3, -0.25) is 9.48 Å². The second-order valence-electron chi connectivity index (χ2n) is 7.98. The zero-order valence-electron chi connectivity index (χ0n) is 17.6. The van der Waals surface area contributed by atoms with Crippen LogP contribution in [0.2, 0.25) is 0 Å². The molecule has 2 fully saturated rings. The molecule has 0 spiro atoms. The lowest BCUT2D eigenvalue weighted by Crippen LogP contribution is -2.42. The quantitative estimate of drug-likeness (QED) is 0.724.